The number of benzene rings is 2. The number of anilines is 1. The number of carbonyl (C=O) groups excluding carboxylic acids is 1. The molecule has 28 heavy (non-hydrogen) atoms. The SMILES string of the molecule is Cc1oncc1C(=O)Nc1cc2c(/C=C/c3ccc(F)cc3)n[nH]c2cc1F. The van der Waals surface area contributed by atoms with Gasteiger partial charge in [0.2, 0.25) is 0 Å². The van der Waals surface area contributed by atoms with E-state index in [1.165, 1.54) is 30.5 Å². The number of hydrogen-bond acceptors (Lipinski definition) is 4. The molecule has 1 amide bonds. The molecule has 0 atom stereocenters. The van der Waals surface area contributed by atoms with Crippen LogP contribution < -0.4 is 5.32 Å². The molecule has 4 aromatic rings. The van der Waals surface area contributed by atoms with Crippen LogP contribution in [0.1, 0.15) is 27.4 Å². The minimum atomic E-state index is -0.604. The molecule has 2 aromatic heterocycles. The molecule has 2 N–H and O–H groups in total. The minimum absolute atomic E-state index is 0.0101. The van der Waals surface area contributed by atoms with E-state index in [0.29, 0.717) is 22.4 Å². The largest absolute Gasteiger partial charge is 0.361 e. The van der Waals surface area contributed by atoms with Crippen LogP contribution in [0.25, 0.3) is 23.1 Å². The molecule has 0 radical (unpaired) electrons. The third-order valence-corrected chi connectivity index (χ3v) is 4.23. The molecule has 0 aliphatic carbocycles. The number of aryl methyl sites for hydroxylation is 1. The summed E-state index contributed by atoms with van der Waals surface area (Å²) in [6.07, 6.45) is 4.76. The Morgan fingerprint density at radius 2 is 1.96 bits per heavy atom. The lowest BCUT2D eigenvalue weighted by Gasteiger charge is -2.06. The molecular weight excluding hydrogens is 366 g/mol. The van der Waals surface area contributed by atoms with Crippen molar-refractivity contribution in [1.82, 2.24) is 15.4 Å². The summed E-state index contributed by atoms with van der Waals surface area (Å²) in [4.78, 5) is 12.3. The summed E-state index contributed by atoms with van der Waals surface area (Å²) in [5, 5.41) is 13.6. The molecule has 0 spiro atoms. The number of nitrogens with zero attached hydrogens (tertiary/aromatic N) is 2. The summed E-state index contributed by atoms with van der Waals surface area (Å²) in [5.41, 5.74) is 2.06. The van der Waals surface area contributed by atoms with Crippen molar-refractivity contribution in [2.45, 2.75) is 6.92 Å². The lowest BCUT2D eigenvalue weighted by atomic mass is 10.1. The number of carbonyl (C=O) groups is 1. The van der Waals surface area contributed by atoms with Gasteiger partial charge in [-0.3, -0.25) is 9.89 Å². The molecule has 2 aromatic carbocycles. The van der Waals surface area contributed by atoms with Crippen LogP contribution in [-0.4, -0.2) is 21.3 Å². The lowest BCUT2D eigenvalue weighted by molar-refractivity contribution is 0.102. The smallest absolute Gasteiger partial charge is 0.260 e. The van der Waals surface area contributed by atoms with Gasteiger partial charge in [-0.2, -0.15) is 5.10 Å². The Kier molecular flexibility index (Phi) is 4.44. The number of aromatic amines is 1. The maximum Gasteiger partial charge on any atom is 0.260 e. The molecule has 4 rings (SSSR count). The summed E-state index contributed by atoms with van der Waals surface area (Å²) in [6, 6.07) is 8.74. The van der Waals surface area contributed by atoms with Crippen molar-refractivity contribution < 1.29 is 18.1 Å². The van der Waals surface area contributed by atoms with Crippen molar-refractivity contribution in [1.29, 1.82) is 0 Å². The van der Waals surface area contributed by atoms with Crippen molar-refractivity contribution in [2.75, 3.05) is 5.32 Å². The average molecular weight is 380 g/mol. The molecule has 0 saturated heterocycles. The van der Waals surface area contributed by atoms with E-state index < -0.39 is 11.7 Å². The van der Waals surface area contributed by atoms with Crippen LogP contribution in [0.4, 0.5) is 14.5 Å². The number of aromatic nitrogens is 3. The van der Waals surface area contributed by atoms with E-state index in [9.17, 15) is 13.6 Å². The monoisotopic (exact) mass is 380 g/mol. The maximum absolute atomic E-state index is 14.4. The van der Waals surface area contributed by atoms with Gasteiger partial charge < -0.3 is 9.84 Å². The predicted molar refractivity (Wildman–Crippen MR) is 101 cm³/mol. The van der Waals surface area contributed by atoms with E-state index in [4.69, 9.17) is 4.52 Å². The van der Waals surface area contributed by atoms with Crippen LogP contribution in [0, 0.1) is 18.6 Å². The van der Waals surface area contributed by atoms with Gasteiger partial charge in [0.25, 0.3) is 5.91 Å². The Morgan fingerprint density at radius 1 is 1.18 bits per heavy atom. The number of nitrogens with one attached hydrogen (secondary N) is 2. The van der Waals surface area contributed by atoms with Crippen molar-refractivity contribution in [3.05, 3.63) is 76.8 Å². The highest BCUT2D eigenvalue weighted by molar-refractivity contribution is 6.06. The van der Waals surface area contributed by atoms with E-state index in [-0.39, 0.29) is 17.1 Å². The first-order valence-electron chi connectivity index (χ1n) is 8.35. The Morgan fingerprint density at radius 3 is 2.68 bits per heavy atom. The van der Waals surface area contributed by atoms with Gasteiger partial charge in [0.1, 0.15) is 23.0 Å². The molecule has 8 heteroatoms. The van der Waals surface area contributed by atoms with E-state index in [2.05, 4.69) is 20.7 Å². The van der Waals surface area contributed by atoms with Gasteiger partial charge in [0.05, 0.1) is 23.1 Å². The minimum Gasteiger partial charge on any atom is -0.361 e. The van der Waals surface area contributed by atoms with Gasteiger partial charge >= 0.3 is 0 Å². The standard InChI is InChI=1S/C20H14F2N4O2/c1-11-15(10-23-28-11)20(27)24-19-8-14-17(25-26-18(14)9-16(19)22)7-4-12-2-5-13(21)6-3-12/h2-10H,1H3,(H,24,27)(H,25,26)/b7-4+. The number of fused-ring (bicyclic) bond motifs is 1. The molecule has 2 heterocycles. The molecule has 140 valence electrons. The lowest BCUT2D eigenvalue weighted by Crippen LogP contribution is -2.13. The van der Waals surface area contributed by atoms with Gasteiger partial charge in [-0.25, -0.2) is 8.78 Å². The van der Waals surface area contributed by atoms with Crippen molar-refractivity contribution in [2.24, 2.45) is 0 Å². The zero-order valence-electron chi connectivity index (χ0n) is 14.7. The molecular formula is C20H14F2N4O2. The van der Waals surface area contributed by atoms with Crippen molar-refractivity contribution in [3.63, 3.8) is 0 Å². The van der Waals surface area contributed by atoms with E-state index >= 15 is 0 Å². The summed E-state index contributed by atoms with van der Waals surface area (Å²) < 4.78 is 32.2. The highest BCUT2D eigenvalue weighted by Gasteiger charge is 2.16. The Hall–Kier alpha value is -3.81. The molecule has 6 nitrogen and oxygen atoms in total. The summed E-state index contributed by atoms with van der Waals surface area (Å²) in [7, 11) is 0. The topological polar surface area (TPSA) is 83.8 Å². The molecule has 0 fully saturated rings. The number of H-pyrrole nitrogens is 1. The van der Waals surface area contributed by atoms with Crippen LogP contribution in [0.5, 0.6) is 0 Å². The van der Waals surface area contributed by atoms with Crippen LogP contribution in [0.15, 0.2) is 47.1 Å². The molecule has 0 unspecified atom stereocenters. The normalized spacial score (nSPS) is 11.4. The molecule has 0 bridgehead atoms. The summed E-state index contributed by atoms with van der Waals surface area (Å²) in [6.45, 7) is 1.59. The Balaban J connectivity index is 1.65. The fraction of sp³-hybridized carbons (Fsp3) is 0.0500. The first-order valence-corrected chi connectivity index (χ1v) is 8.35. The quantitative estimate of drug-likeness (QED) is 0.544. The van der Waals surface area contributed by atoms with Crippen molar-refractivity contribution in [3.8, 4) is 0 Å². The highest BCUT2D eigenvalue weighted by Crippen LogP contribution is 2.26. The number of amides is 1. The highest BCUT2D eigenvalue weighted by atomic mass is 19.1. The zero-order chi connectivity index (χ0) is 19.7. The van der Waals surface area contributed by atoms with Gasteiger partial charge in [-0.05, 0) is 36.8 Å². The third kappa shape index (κ3) is 3.39. The molecule has 0 aliphatic rings. The second kappa shape index (κ2) is 7.07. The summed E-state index contributed by atoms with van der Waals surface area (Å²) in [5.74, 6) is -1.11. The first-order chi connectivity index (χ1) is 13.5. The summed E-state index contributed by atoms with van der Waals surface area (Å²) >= 11 is 0. The Bertz CT molecular complexity index is 1190. The van der Waals surface area contributed by atoms with Gasteiger partial charge in [0.15, 0.2) is 0 Å². The zero-order valence-corrected chi connectivity index (χ0v) is 14.7. The van der Waals surface area contributed by atoms with Crippen LogP contribution >= 0.6 is 0 Å². The predicted octanol–water partition coefficient (Wildman–Crippen LogP) is 4.56. The number of rotatable bonds is 4. The first kappa shape index (κ1) is 17.6. The van der Waals surface area contributed by atoms with Gasteiger partial charge in [-0.15, -0.1) is 0 Å². The van der Waals surface area contributed by atoms with Crippen LogP contribution in [0.2, 0.25) is 0 Å². The molecule has 0 aliphatic heterocycles. The van der Waals surface area contributed by atoms with E-state index in [0.717, 1.165) is 5.56 Å². The van der Waals surface area contributed by atoms with Gasteiger partial charge in [-0.1, -0.05) is 23.4 Å². The fourth-order valence-corrected chi connectivity index (χ4v) is 2.74. The van der Waals surface area contributed by atoms with Gasteiger partial charge in [0, 0.05) is 11.5 Å². The fourth-order valence-electron chi connectivity index (χ4n) is 2.74. The maximum atomic E-state index is 14.4. The second-order valence-electron chi connectivity index (χ2n) is 6.12. The van der Waals surface area contributed by atoms with Crippen molar-refractivity contribution >= 4 is 34.6 Å². The average Bonchev–Trinajstić information content (AvgIpc) is 3.27. The number of hydrogen-bond donors (Lipinski definition) is 2. The van der Waals surface area contributed by atoms with Crippen LogP contribution in [-0.2, 0) is 0 Å². The second-order valence-corrected chi connectivity index (χ2v) is 6.12. The number of halogens is 2. The van der Waals surface area contributed by atoms with E-state index in [1.54, 1.807) is 31.2 Å². The third-order valence-electron chi connectivity index (χ3n) is 4.23. The van der Waals surface area contributed by atoms with Crippen LogP contribution in [0.3, 0.4) is 0 Å². The molecule has 0 saturated carbocycles. The van der Waals surface area contributed by atoms with E-state index in [1.807, 2.05) is 0 Å². The Labute approximate surface area is 157 Å².